The Morgan fingerprint density at radius 2 is 1.87 bits per heavy atom. The molecule has 0 aliphatic rings. The third-order valence-corrected chi connectivity index (χ3v) is 3.94. The fraction of sp³-hybridized carbons (Fsp3) is 0.133. The summed E-state index contributed by atoms with van der Waals surface area (Å²) in [7, 11) is 0. The van der Waals surface area contributed by atoms with Crippen molar-refractivity contribution in [2.24, 2.45) is 0 Å². The molecule has 1 aromatic carbocycles. The second-order valence-electron chi connectivity index (χ2n) is 4.65. The lowest BCUT2D eigenvalue weighted by Crippen LogP contribution is -2.08. The largest absolute Gasteiger partial charge is 0.433 e. The molecule has 8 heteroatoms. The van der Waals surface area contributed by atoms with Gasteiger partial charge >= 0.3 is 6.18 Å². The van der Waals surface area contributed by atoms with Gasteiger partial charge in [0.1, 0.15) is 11.5 Å². The quantitative estimate of drug-likeness (QED) is 0.401. The number of nitrogens with zero attached hydrogens (tertiary/aromatic N) is 3. The van der Waals surface area contributed by atoms with E-state index in [1.54, 1.807) is 18.3 Å². The van der Waals surface area contributed by atoms with Crippen LogP contribution in [0.2, 0.25) is 0 Å². The van der Waals surface area contributed by atoms with Crippen LogP contribution in [0.4, 0.5) is 17.6 Å². The van der Waals surface area contributed by atoms with Crippen LogP contribution in [0.15, 0.2) is 47.9 Å². The van der Waals surface area contributed by atoms with Gasteiger partial charge in [-0.1, -0.05) is 17.8 Å². The summed E-state index contributed by atoms with van der Waals surface area (Å²) in [6.07, 6.45) is -1.89. The monoisotopic (exact) mass is 339 g/mol. The molecular weight excluding hydrogens is 330 g/mol. The number of hydrogen-bond acceptors (Lipinski definition) is 4. The van der Waals surface area contributed by atoms with Crippen LogP contribution in [0.5, 0.6) is 0 Å². The van der Waals surface area contributed by atoms with Gasteiger partial charge < -0.3 is 0 Å². The fourth-order valence-electron chi connectivity index (χ4n) is 2.05. The van der Waals surface area contributed by atoms with E-state index in [-0.39, 0.29) is 10.9 Å². The summed E-state index contributed by atoms with van der Waals surface area (Å²) in [6, 6.07) is 6.89. The minimum absolute atomic E-state index is 0.0202. The maximum Gasteiger partial charge on any atom is 0.433 e. The number of fused-ring (bicyclic) bond motifs is 1. The van der Waals surface area contributed by atoms with E-state index in [9.17, 15) is 17.6 Å². The van der Waals surface area contributed by atoms with Gasteiger partial charge in [0.2, 0.25) is 0 Å². The molecule has 3 aromatic rings. The fourth-order valence-corrected chi connectivity index (χ4v) is 2.85. The predicted octanol–water partition coefficient (Wildman–Crippen LogP) is 4.48. The molecule has 0 saturated carbocycles. The number of hydrogen-bond donors (Lipinski definition) is 0. The van der Waals surface area contributed by atoms with Gasteiger partial charge in [0.25, 0.3) is 0 Å². The van der Waals surface area contributed by atoms with Crippen molar-refractivity contribution in [3.63, 3.8) is 0 Å². The average molecular weight is 339 g/mol. The molecule has 0 saturated heterocycles. The van der Waals surface area contributed by atoms with E-state index in [0.29, 0.717) is 16.5 Å². The van der Waals surface area contributed by atoms with Crippen molar-refractivity contribution in [3.05, 3.63) is 59.8 Å². The van der Waals surface area contributed by atoms with Crippen LogP contribution in [-0.4, -0.2) is 15.0 Å². The minimum Gasteiger partial charge on any atom is -0.256 e. The van der Waals surface area contributed by atoms with Crippen molar-refractivity contribution in [1.29, 1.82) is 0 Å². The SMILES string of the molecule is Fc1cc(CSc2nccc(C(F)(F)F)n2)c2ncccc2c1. The Morgan fingerprint density at radius 1 is 1.04 bits per heavy atom. The zero-order chi connectivity index (χ0) is 16.4. The minimum atomic E-state index is -4.52. The Morgan fingerprint density at radius 3 is 2.65 bits per heavy atom. The molecule has 0 aliphatic heterocycles. The lowest BCUT2D eigenvalue weighted by molar-refractivity contribution is -0.141. The smallest absolute Gasteiger partial charge is 0.256 e. The average Bonchev–Trinajstić information content (AvgIpc) is 2.52. The Labute approximate surface area is 132 Å². The van der Waals surface area contributed by atoms with Crippen molar-refractivity contribution < 1.29 is 17.6 Å². The van der Waals surface area contributed by atoms with Crippen LogP contribution in [0, 0.1) is 5.82 Å². The van der Waals surface area contributed by atoms with Crippen molar-refractivity contribution in [2.45, 2.75) is 17.1 Å². The van der Waals surface area contributed by atoms with Crippen molar-refractivity contribution >= 4 is 22.7 Å². The molecule has 0 spiro atoms. The van der Waals surface area contributed by atoms with E-state index in [1.807, 2.05) is 0 Å². The summed E-state index contributed by atoms with van der Waals surface area (Å²) in [5.41, 5.74) is 0.178. The highest BCUT2D eigenvalue weighted by Crippen LogP contribution is 2.30. The first-order chi connectivity index (χ1) is 10.9. The standard InChI is InChI=1S/C15H9F4N3S/c16-11-6-9-2-1-4-20-13(9)10(7-11)8-23-14-21-5-3-12(22-14)15(17,18)19/h1-7H,8H2. The maximum atomic E-state index is 13.6. The first kappa shape index (κ1) is 15.7. The molecule has 0 unspecified atom stereocenters. The maximum absolute atomic E-state index is 13.6. The molecule has 2 heterocycles. The third kappa shape index (κ3) is 3.58. The van der Waals surface area contributed by atoms with Crippen LogP contribution in [0.1, 0.15) is 11.3 Å². The first-order valence-electron chi connectivity index (χ1n) is 6.50. The highest BCUT2D eigenvalue weighted by Gasteiger charge is 2.32. The van der Waals surface area contributed by atoms with Gasteiger partial charge in [0, 0.05) is 23.5 Å². The van der Waals surface area contributed by atoms with Crippen LogP contribution >= 0.6 is 11.8 Å². The lowest BCUT2D eigenvalue weighted by atomic mass is 10.1. The van der Waals surface area contributed by atoms with E-state index in [1.165, 1.54) is 12.1 Å². The summed E-state index contributed by atoms with van der Waals surface area (Å²) in [5.74, 6) is -0.210. The second-order valence-corrected chi connectivity index (χ2v) is 5.59. The molecule has 0 fully saturated rings. The number of rotatable bonds is 3. The van der Waals surface area contributed by atoms with Crippen LogP contribution in [0.25, 0.3) is 10.9 Å². The molecule has 0 atom stereocenters. The zero-order valence-corrected chi connectivity index (χ0v) is 12.3. The number of benzene rings is 1. The van der Waals surface area contributed by atoms with E-state index in [2.05, 4.69) is 15.0 Å². The molecule has 3 nitrogen and oxygen atoms in total. The topological polar surface area (TPSA) is 38.7 Å². The van der Waals surface area contributed by atoms with Gasteiger partial charge in [-0.2, -0.15) is 13.2 Å². The summed E-state index contributed by atoms with van der Waals surface area (Å²) in [5, 5.41) is 0.612. The number of halogens is 4. The number of pyridine rings is 1. The van der Waals surface area contributed by atoms with E-state index < -0.39 is 17.7 Å². The third-order valence-electron chi connectivity index (χ3n) is 3.03. The molecule has 0 radical (unpaired) electrons. The molecule has 0 amide bonds. The normalized spacial score (nSPS) is 11.8. The Hall–Kier alpha value is -2.22. The second kappa shape index (κ2) is 6.11. The summed E-state index contributed by atoms with van der Waals surface area (Å²) in [4.78, 5) is 11.5. The Bertz CT molecular complexity index is 851. The highest BCUT2D eigenvalue weighted by molar-refractivity contribution is 7.98. The summed E-state index contributed by atoms with van der Waals surface area (Å²) < 4.78 is 51.5. The van der Waals surface area contributed by atoms with Crippen LogP contribution in [0.3, 0.4) is 0 Å². The van der Waals surface area contributed by atoms with Gasteiger partial charge in [0.05, 0.1) is 5.52 Å². The lowest BCUT2D eigenvalue weighted by Gasteiger charge is -2.08. The number of aromatic nitrogens is 3. The number of thioether (sulfide) groups is 1. The first-order valence-corrected chi connectivity index (χ1v) is 7.48. The van der Waals surface area contributed by atoms with E-state index in [4.69, 9.17) is 0 Å². The molecule has 2 aromatic heterocycles. The van der Waals surface area contributed by atoms with E-state index >= 15 is 0 Å². The Balaban J connectivity index is 1.87. The van der Waals surface area contributed by atoms with Crippen molar-refractivity contribution in [2.75, 3.05) is 0 Å². The van der Waals surface area contributed by atoms with E-state index in [0.717, 1.165) is 24.0 Å². The zero-order valence-electron chi connectivity index (χ0n) is 11.5. The van der Waals surface area contributed by atoms with Crippen molar-refractivity contribution in [1.82, 2.24) is 15.0 Å². The molecule has 0 N–H and O–H groups in total. The molecular formula is C15H9F4N3S. The Kier molecular flexibility index (Phi) is 4.16. The predicted molar refractivity (Wildman–Crippen MR) is 78.3 cm³/mol. The summed E-state index contributed by atoms with van der Waals surface area (Å²) in [6.45, 7) is 0. The molecule has 118 valence electrons. The molecule has 0 aliphatic carbocycles. The van der Waals surface area contributed by atoms with Crippen molar-refractivity contribution in [3.8, 4) is 0 Å². The van der Waals surface area contributed by atoms with Gasteiger partial charge in [-0.3, -0.25) is 4.98 Å². The molecule has 0 bridgehead atoms. The summed E-state index contributed by atoms with van der Waals surface area (Å²) >= 11 is 0.998. The highest BCUT2D eigenvalue weighted by atomic mass is 32.2. The molecule has 23 heavy (non-hydrogen) atoms. The molecule has 3 rings (SSSR count). The van der Waals surface area contributed by atoms with Gasteiger partial charge in [-0.05, 0) is 29.8 Å². The van der Waals surface area contributed by atoms with Crippen LogP contribution < -0.4 is 0 Å². The van der Waals surface area contributed by atoms with Gasteiger partial charge in [-0.25, -0.2) is 14.4 Å². The number of alkyl halides is 3. The van der Waals surface area contributed by atoms with Crippen LogP contribution in [-0.2, 0) is 11.9 Å². The van der Waals surface area contributed by atoms with Gasteiger partial charge in [-0.15, -0.1) is 0 Å². The van der Waals surface area contributed by atoms with Gasteiger partial charge in [0.15, 0.2) is 5.16 Å².